The molecular weight excluding hydrogens is 246 g/mol. The Morgan fingerprint density at radius 2 is 1.90 bits per heavy atom. The highest BCUT2D eigenvalue weighted by molar-refractivity contribution is 5.74. The first-order valence-corrected chi connectivity index (χ1v) is 6.94. The van der Waals surface area contributed by atoms with Gasteiger partial charge in [0.05, 0.1) is 0 Å². The van der Waals surface area contributed by atoms with Crippen LogP contribution in [0.5, 0.6) is 0 Å². The van der Waals surface area contributed by atoms with Crippen LogP contribution >= 0.6 is 0 Å². The predicted molar refractivity (Wildman–Crippen MR) is 84.5 cm³/mol. The molecular formula is C17H19N3. The highest BCUT2D eigenvalue weighted by Crippen LogP contribution is 2.29. The zero-order chi connectivity index (χ0) is 13.9. The van der Waals surface area contributed by atoms with Gasteiger partial charge < -0.3 is 10.6 Å². The molecule has 0 fully saturated rings. The summed E-state index contributed by atoms with van der Waals surface area (Å²) in [5.41, 5.74) is 10.7. The van der Waals surface area contributed by atoms with Crippen LogP contribution < -0.4 is 10.6 Å². The molecule has 0 amide bonds. The van der Waals surface area contributed by atoms with E-state index < -0.39 is 0 Å². The van der Waals surface area contributed by atoms with Crippen molar-refractivity contribution in [2.24, 2.45) is 0 Å². The van der Waals surface area contributed by atoms with Crippen LogP contribution in [-0.2, 0) is 0 Å². The molecule has 0 bridgehead atoms. The molecule has 102 valence electrons. The highest BCUT2D eigenvalue weighted by atomic mass is 15.2. The van der Waals surface area contributed by atoms with Crippen LogP contribution in [0.2, 0.25) is 0 Å². The third-order valence-electron chi connectivity index (χ3n) is 3.85. The molecule has 3 heteroatoms. The van der Waals surface area contributed by atoms with Crippen LogP contribution in [0.4, 0.5) is 11.5 Å². The van der Waals surface area contributed by atoms with E-state index in [1.807, 2.05) is 30.5 Å². The van der Waals surface area contributed by atoms with Crippen LogP contribution in [-0.4, -0.2) is 18.1 Å². The van der Waals surface area contributed by atoms with Crippen molar-refractivity contribution in [2.45, 2.75) is 13.3 Å². The third-order valence-corrected chi connectivity index (χ3v) is 3.85. The van der Waals surface area contributed by atoms with Crippen molar-refractivity contribution >= 4 is 17.1 Å². The van der Waals surface area contributed by atoms with E-state index in [4.69, 9.17) is 5.73 Å². The number of hydrogen-bond acceptors (Lipinski definition) is 3. The normalized spacial score (nSPS) is 15.6. The van der Waals surface area contributed by atoms with Crippen LogP contribution in [0.25, 0.3) is 5.57 Å². The first kappa shape index (κ1) is 12.7. The molecule has 1 aromatic carbocycles. The summed E-state index contributed by atoms with van der Waals surface area (Å²) in [6, 6.07) is 14.2. The smallest absolute Gasteiger partial charge is 0.128 e. The summed E-state index contributed by atoms with van der Waals surface area (Å²) >= 11 is 0. The topological polar surface area (TPSA) is 42.1 Å². The van der Waals surface area contributed by atoms with Gasteiger partial charge in [-0.1, -0.05) is 23.8 Å². The molecule has 0 unspecified atom stereocenters. The molecule has 0 saturated carbocycles. The van der Waals surface area contributed by atoms with E-state index in [1.165, 1.54) is 16.7 Å². The number of nitrogens with two attached hydrogens (primary N) is 1. The first-order chi connectivity index (χ1) is 9.74. The summed E-state index contributed by atoms with van der Waals surface area (Å²) in [5.74, 6) is 1.05. The van der Waals surface area contributed by atoms with Gasteiger partial charge in [-0.25, -0.2) is 4.98 Å². The lowest BCUT2D eigenvalue weighted by atomic mass is 9.95. The van der Waals surface area contributed by atoms with Gasteiger partial charge in [-0.05, 0) is 48.7 Å². The summed E-state index contributed by atoms with van der Waals surface area (Å²) in [6.45, 7) is 4.16. The number of nitrogen functional groups attached to an aromatic ring is 1. The number of pyridine rings is 1. The van der Waals surface area contributed by atoms with Crippen LogP contribution in [0.1, 0.15) is 18.9 Å². The fraction of sp³-hybridized carbons (Fsp3) is 0.235. The fourth-order valence-electron chi connectivity index (χ4n) is 2.62. The second kappa shape index (κ2) is 5.37. The van der Waals surface area contributed by atoms with E-state index in [1.54, 1.807) is 0 Å². The van der Waals surface area contributed by atoms with Crippen molar-refractivity contribution < 1.29 is 0 Å². The highest BCUT2D eigenvalue weighted by Gasteiger charge is 2.18. The number of nitrogens with zero attached hydrogens (tertiary/aromatic N) is 2. The lowest BCUT2D eigenvalue weighted by Gasteiger charge is -2.31. The Balaban J connectivity index is 1.89. The molecule has 0 saturated heterocycles. The number of benzene rings is 1. The first-order valence-electron chi connectivity index (χ1n) is 6.94. The van der Waals surface area contributed by atoms with Gasteiger partial charge in [0, 0.05) is 25.0 Å². The Hall–Kier alpha value is -2.29. The zero-order valence-corrected chi connectivity index (χ0v) is 11.7. The lowest BCUT2D eigenvalue weighted by molar-refractivity contribution is 0.787. The summed E-state index contributed by atoms with van der Waals surface area (Å²) in [7, 11) is 0. The van der Waals surface area contributed by atoms with E-state index in [9.17, 15) is 0 Å². The van der Waals surface area contributed by atoms with E-state index in [0.29, 0.717) is 0 Å². The average Bonchev–Trinajstić information content (AvgIpc) is 2.50. The Labute approximate surface area is 119 Å². The SMILES string of the molecule is CC1=C(c2ccc(N)cc2)CN(c2ccccn2)CC1. The molecule has 0 atom stereocenters. The molecule has 20 heavy (non-hydrogen) atoms. The molecule has 0 aliphatic carbocycles. The standard InChI is InChI=1S/C17H19N3/c1-13-9-11-20(17-4-2-3-10-19-17)12-16(13)14-5-7-15(18)8-6-14/h2-8,10H,9,11-12,18H2,1H3. The molecule has 3 rings (SSSR count). The van der Waals surface area contributed by atoms with Crippen LogP contribution in [0.15, 0.2) is 54.2 Å². The van der Waals surface area contributed by atoms with Gasteiger partial charge in [0.1, 0.15) is 5.82 Å². The minimum Gasteiger partial charge on any atom is -0.399 e. The van der Waals surface area contributed by atoms with Crippen molar-refractivity contribution in [2.75, 3.05) is 23.7 Å². The largest absolute Gasteiger partial charge is 0.399 e. The number of aromatic nitrogens is 1. The number of rotatable bonds is 2. The Kier molecular flexibility index (Phi) is 3.42. The summed E-state index contributed by atoms with van der Waals surface area (Å²) in [4.78, 5) is 6.79. The molecule has 1 aliphatic heterocycles. The maximum Gasteiger partial charge on any atom is 0.128 e. The van der Waals surface area contributed by atoms with Crippen molar-refractivity contribution in [3.63, 3.8) is 0 Å². The van der Waals surface area contributed by atoms with E-state index in [2.05, 4.69) is 35.0 Å². The molecule has 2 heterocycles. The van der Waals surface area contributed by atoms with Crippen molar-refractivity contribution in [3.05, 3.63) is 59.8 Å². The summed E-state index contributed by atoms with van der Waals surface area (Å²) in [5, 5.41) is 0. The maximum absolute atomic E-state index is 5.77. The van der Waals surface area contributed by atoms with Gasteiger partial charge in [-0.2, -0.15) is 0 Å². The van der Waals surface area contributed by atoms with Crippen molar-refractivity contribution in [3.8, 4) is 0 Å². The van der Waals surface area contributed by atoms with Crippen LogP contribution in [0, 0.1) is 0 Å². The monoisotopic (exact) mass is 265 g/mol. The molecule has 0 radical (unpaired) electrons. The molecule has 2 aromatic rings. The molecule has 1 aromatic heterocycles. The number of hydrogen-bond donors (Lipinski definition) is 1. The van der Waals surface area contributed by atoms with Gasteiger partial charge in [-0.15, -0.1) is 0 Å². The second-order valence-corrected chi connectivity index (χ2v) is 5.24. The Morgan fingerprint density at radius 3 is 2.60 bits per heavy atom. The van der Waals surface area contributed by atoms with E-state index in [0.717, 1.165) is 31.0 Å². The average molecular weight is 265 g/mol. The summed E-state index contributed by atoms with van der Waals surface area (Å²) in [6.07, 6.45) is 2.93. The van der Waals surface area contributed by atoms with Gasteiger partial charge in [0.25, 0.3) is 0 Å². The van der Waals surface area contributed by atoms with Crippen molar-refractivity contribution in [1.29, 1.82) is 0 Å². The van der Waals surface area contributed by atoms with Crippen LogP contribution in [0.3, 0.4) is 0 Å². The van der Waals surface area contributed by atoms with E-state index in [-0.39, 0.29) is 0 Å². The molecule has 1 aliphatic rings. The zero-order valence-electron chi connectivity index (χ0n) is 11.7. The molecule has 2 N–H and O–H groups in total. The third kappa shape index (κ3) is 2.52. The quantitative estimate of drug-likeness (QED) is 0.847. The maximum atomic E-state index is 5.77. The molecule has 0 spiro atoms. The Bertz CT molecular complexity index is 614. The molecule has 3 nitrogen and oxygen atoms in total. The minimum atomic E-state index is 0.810. The van der Waals surface area contributed by atoms with E-state index >= 15 is 0 Å². The summed E-state index contributed by atoms with van der Waals surface area (Å²) < 4.78 is 0. The van der Waals surface area contributed by atoms with Crippen molar-refractivity contribution in [1.82, 2.24) is 4.98 Å². The number of anilines is 2. The Morgan fingerprint density at radius 1 is 1.10 bits per heavy atom. The van der Waals surface area contributed by atoms with Gasteiger partial charge in [0.2, 0.25) is 0 Å². The lowest BCUT2D eigenvalue weighted by Crippen LogP contribution is -2.31. The van der Waals surface area contributed by atoms with Gasteiger partial charge >= 0.3 is 0 Å². The fourth-order valence-corrected chi connectivity index (χ4v) is 2.62. The van der Waals surface area contributed by atoms with Gasteiger partial charge in [-0.3, -0.25) is 0 Å². The van der Waals surface area contributed by atoms with Gasteiger partial charge in [0.15, 0.2) is 0 Å². The minimum absolute atomic E-state index is 0.810. The predicted octanol–water partition coefficient (Wildman–Crippen LogP) is 3.35. The second-order valence-electron chi connectivity index (χ2n) is 5.24.